The zero-order chi connectivity index (χ0) is 8.99. The summed E-state index contributed by atoms with van der Waals surface area (Å²) >= 11 is 0. The van der Waals surface area contributed by atoms with Crippen LogP contribution in [-0.4, -0.2) is 39.8 Å². The predicted molar refractivity (Wildman–Crippen MR) is 38.4 cm³/mol. The molecule has 0 aliphatic carbocycles. The maximum atomic E-state index is 9.00. The molecule has 0 heterocycles. The first-order valence-electron chi connectivity index (χ1n) is 2.44. The van der Waals surface area contributed by atoms with E-state index in [0.717, 1.165) is 6.92 Å². The van der Waals surface area contributed by atoms with Crippen LogP contribution < -0.4 is 0 Å². The van der Waals surface area contributed by atoms with Gasteiger partial charge in [-0.25, -0.2) is 0 Å². The van der Waals surface area contributed by atoms with E-state index < -0.39 is 5.97 Å². The molecule has 0 rings (SSSR count). The Hall–Kier alpha value is -1.14. The van der Waals surface area contributed by atoms with Crippen LogP contribution in [0.1, 0.15) is 13.8 Å². The minimum atomic E-state index is -0.833. The Balaban J connectivity index is -0.0000000325. The van der Waals surface area contributed by atoms with Crippen molar-refractivity contribution in [3.63, 3.8) is 0 Å². The van der Waals surface area contributed by atoms with Crippen molar-refractivity contribution in [1.82, 2.24) is 0 Å². The highest BCUT2D eigenvalue weighted by Crippen LogP contribution is 1.42. The largest absolute Gasteiger partial charge is 0.483 e. The SMILES string of the molecule is CC(=O)O.CCO.O.O=CO. The molecule has 0 aliphatic rings. The molecule has 70 valence electrons. The van der Waals surface area contributed by atoms with Crippen LogP contribution in [0.25, 0.3) is 0 Å². The first-order valence-corrected chi connectivity index (χ1v) is 2.44. The molecule has 0 amide bonds. The molecule has 6 heteroatoms. The standard InChI is InChI=1S/C2H4O2.C2H6O.CH2O2.H2O/c1-2(3)4;1-2-3;2-1-3;/h1H3,(H,3,4);3H,2H2,1H3;1H,(H,2,3);1H2. The van der Waals surface area contributed by atoms with Gasteiger partial charge in [0.05, 0.1) is 0 Å². The van der Waals surface area contributed by atoms with Crippen molar-refractivity contribution in [3.05, 3.63) is 0 Å². The summed E-state index contributed by atoms with van der Waals surface area (Å²) in [6.07, 6.45) is 0. The van der Waals surface area contributed by atoms with Crippen molar-refractivity contribution in [2.45, 2.75) is 13.8 Å². The van der Waals surface area contributed by atoms with Gasteiger partial charge in [-0.1, -0.05) is 0 Å². The van der Waals surface area contributed by atoms with Crippen LogP contribution in [0.2, 0.25) is 0 Å². The molecule has 0 saturated heterocycles. The Kier molecular flexibility index (Phi) is 75.3. The fourth-order valence-corrected chi connectivity index (χ4v) is 0. The quantitative estimate of drug-likeness (QED) is 0.400. The van der Waals surface area contributed by atoms with E-state index in [4.69, 9.17) is 24.9 Å². The molecular weight excluding hydrogens is 156 g/mol. The topological polar surface area (TPSA) is 126 Å². The van der Waals surface area contributed by atoms with Gasteiger partial charge in [0.1, 0.15) is 0 Å². The van der Waals surface area contributed by atoms with Gasteiger partial charge in [0, 0.05) is 13.5 Å². The number of hydrogen-bond acceptors (Lipinski definition) is 3. The molecule has 0 aromatic rings. The summed E-state index contributed by atoms with van der Waals surface area (Å²) < 4.78 is 0. The van der Waals surface area contributed by atoms with Gasteiger partial charge in [0.25, 0.3) is 12.4 Å². The summed E-state index contributed by atoms with van der Waals surface area (Å²) in [5.74, 6) is -0.833. The van der Waals surface area contributed by atoms with E-state index >= 15 is 0 Å². The molecule has 0 atom stereocenters. The van der Waals surface area contributed by atoms with Crippen LogP contribution in [0.15, 0.2) is 0 Å². The highest BCUT2D eigenvalue weighted by atomic mass is 16.4. The molecule has 0 aromatic carbocycles. The third-order valence-corrected chi connectivity index (χ3v) is 0. The van der Waals surface area contributed by atoms with Gasteiger partial charge >= 0.3 is 0 Å². The third kappa shape index (κ3) is 321. The lowest BCUT2D eigenvalue weighted by molar-refractivity contribution is -0.134. The summed E-state index contributed by atoms with van der Waals surface area (Å²) in [7, 11) is 0. The molecule has 0 saturated carbocycles. The van der Waals surface area contributed by atoms with Gasteiger partial charge in [-0.2, -0.15) is 0 Å². The Morgan fingerprint density at radius 1 is 1.55 bits per heavy atom. The smallest absolute Gasteiger partial charge is 0.300 e. The van der Waals surface area contributed by atoms with Gasteiger partial charge in [0.2, 0.25) is 0 Å². The summed E-state index contributed by atoms with van der Waals surface area (Å²) in [6.45, 7) is 2.76. The van der Waals surface area contributed by atoms with Crippen LogP contribution in [0.5, 0.6) is 0 Å². The van der Waals surface area contributed by atoms with Crippen LogP contribution >= 0.6 is 0 Å². The first kappa shape index (κ1) is 22.5. The fraction of sp³-hybridized carbons (Fsp3) is 0.600. The lowest BCUT2D eigenvalue weighted by Gasteiger charge is -1.59. The minimum absolute atomic E-state index is 0. The van der Waals surface area contributed by atoms with Gasteiger partial charge in [-0.3, -0.25) is 9.59 Å². The van der Waals surface area contributed by atoms with E-state index in [1.54, 1.807) is 6.92 Å². The van der Waals surface area contributed by atoms with E-state index in [1.165, 1.54) is 0 Å². The molecule has 6 nitrogen and oxygen atoms in total. The number of aliphatic hydroxyl groups excluding tert-OH is 1. The van der Waals surface area contributed by atoms with Crippen molar-refractivity contribution in [3.8, 4) is 0 Å². The van der Waals surface area contributed by atoms with Gasteiger partial charge in [-0.05, 0) is 6.92 Å². The van der Waals surface area contributed by atoms with Crippen molar-refractivity contribution in [2.75, 3.05) is 6.61 Å². The minimum Gasteiger partial charge on any atom is -0.483 e. The Morgan fingerprint density at radius 3 is 1.55 bits per heavy atom. The highest BCUT2D eigenvalue weighted by Gasteiger charge is 1.65. The average Bonchev–Trinajstić information content (AvgIpc) is 1.65. The van der Waals surface area contributed by atoms with E-state index in [1.807, 2.05) is 0 Å². The molecule has 0 aromatic heterocycles. The Labute approximate surface area is 64.4 Å². The second kappa shape index (κ2) is 36.7. The second-order valence-corrected chi connectivity index (χ2v) is 0.941. The number of carbonyl (C=O) groups is 2. The number of carboxylic acid groups (broad SMARTS) is 2. The average molecular weight is 170 g/mol. The van der Waals surface area contributed by atoms with Crippen molar-refractivity contribution >= 4 is 12.4 Å². The van der Waals surface area contributed by atoms with E-state index in [9.17, 15) is 0 Å². The monoisotopic (exact) mass is 170 g/mol. The van der Waals surface area contributed by atoms with E-state index in [0.29, 0.717) is 0 Å². The second-order valence-electron chi connectivity index (χ2n) is 0.941. The zero-order valence-corrected chi connectivity index (χ0v) is 6.44. The lowest BCUT2D eigenvalue weighted by atomic mass is 10.9. The number of aliphatic hydroxyl groups is 1. The number of rotatable bonds is 0. The predicted octanol–water partition coefficient (Wildman–Crippen LogP) is -1.03. The molecule has 5 N–H and O–H groups in total. The first-order chi connectivity index (χ1) is 4.56. The van der Waals surface area contributed by atoms with Crippen molar-refractivity contribution in [1.29, 1.82) is 0 Å². The van der Waals surface area contributed by atoms with Gasteiger partial charge < -0.3 is 20.8 Å². The summed E-state index contributed by atoms with van der Waals surface area (Å²) in [6, 6.07) is 0. The summed E-state index contributed by atoms with van der Waals surface area (Å²) in [4.78, 5) is 17.4. The van der Waals surface area contributed by atoms with Crippen LogP contribution in [0.3, 0.4) is 0 Å². The third-order valence-electron chi connectivity index (χ3n) is 0. The maximum absolute atomic E-state index is 9.00. The Bertz CT molecular complexity index is 67.4. The number of aliphatic carboxylic acids is 1. The Morgan fingerprint density at radius 2 is 1.55 bits per heavy atom. The van der Waals surface area contributed by atoms with E-state index in [2.05, 4.69) is 0 Å². The van der Waals surface area contributed by atoms with Crippen LogP contribution in [0.4, 0.5) is 0 Å². The van der Waals surface area contributed by atoms with Gasteiger partial charge in [-0.15, -0.1) is 0 Å². The molecule has 0 bridgehead atoms. The molecular formula is C5H14O6. The highest BCUT2D eigenvalue weighted by molar-refractivity contribution is 5.62. The molecule has 0 unspecified atom stereocenters. The van der Waals surface area contributed by atoms with Gasteiger partial charge in [0.15, 0.2) is 0 Å². The van der Waals surface area contributed by atoms with Crippen molar-refractivity contribution < 1.29 is 30.4 Å². The molecule has 0 spiro atoms. The summed E-state index contributed by atoms with van der Waals surface area (Å²) in [5, 5.41) is 21.9. The maximum Gasteiger partial charge on any atom is 0.300 e. The molecule has 0 aliphatic heterocycles. The van der Waals surface area contributed by atoms with Crippen LogP contribution in [0, 0.1) is 0 Å². The van der Waals surface area contributed by atoms with E-state index in [-0.39, 0.29) is 18.6 Å². The molecule has 11 heavy (non-hydrogen) atoms. The summed E-state index contributed by atoms with van der Waals surface area (Å²) in [5.41, 5.74) is 0. The normalized spacial score (nSPS) is 5.00. The van der Waals surface area contributed by atoms with Crippen molar-refractivity contribution in [2.24, 2.45) is 0 Å². The number of carboxylic acids is 1. The fourth-order valence-electron chi connectivity index (χ4n) is 0. The zero-order valence-electron chi connectivity index (χ0n) is 6.44. The molecule has 0 radical (unpaired) electrons. The number of hydrogen-bond donors (Lipinski definition) is 3. The lowest BCUT2D eigenvalue weighted by Crippen LogP contribution is -1.78. The molecule has 0 fully saturated rings. The van der Waals surface area contributed by atoms with Crippen LogP contribution in [-0.2, 0) is 9.59 Å².